The molecule has 1 fully saturated rings. The van der Waals surface area contributed by atoms with Crippen molar-refractivity contribution in [2.75, 3.05) is 13.1 Å². The summed E-state index contributed by atoms with van der Waals surface area (Å²) in [5, 5.41) is 0. The fraction of sp³-hybridized carbons (Fsp3) is 0.611. The Labute approximate surface area is 128 Å². The molecule has 1 atom stereocenters. The molecule has 0 bridgehead atoms. The van der Waals surface area contributed by atoms with Gasteiger partial charge in [0, 0.05) is 24.5 Å². The van der Waals surface area contributed by atoms with Crippen LogP contribution in [-0.2, 0) is 11.2 Å². The smallest absolute Gasteiger partial charge is 0.228 e. The van der Waals surface area contributed by atoms with Gasteiger partial charge in [0.1, 0.15) is 0 Å². The Morgan fingerprint density at radius 3 is 2.38 bits per heavy atom. The molecule has 1 amide bonds. The van der Waals surface area contributed by atoms with Crippen molar-refractivity contribution >= 4 is 5.91 Å². The van der Waals surface area contributed by atoms with Gasteiger partial charge in [-0.25, -0.2) is 0 Å². The molecule has 1 aliphatic rings. The fourth-order valence-corrected chi connectivity index (χ4v) is 3.24. The molecule has 0 aliphatic carbocycles. The molecule has 0 saturated carbocycles. The van der Waals surface area contributed by atoms with Crippen molar-refractivity contribution in [1.29, 1.82) is 0 Å². The molecule has 116 valence electrons. The first-order valence-corrected chi connectivity index (χ1v) is 7.99. The minimum absolute atomic E-state index is 0.236. The van der Waals surface area contributed by atoms with E-state index in [4.69, 9.17) is 5.73 Å². The Morgan fingerprint density at radius 2 is 1.86 bits per heavy atom. The van der Waals surface area contributed by atoms with Gasteiger partial charge in [0.15, 0.2) is 0 Å². The number of likely N-dealkylation sites (tertiary alicyclic amines) is 1. The van der Waals surface area contributed by atoms with E-state index in [-0.39, 0.29) is 17.4 Å². The number of amides is 1. The number of nitrogens with two attached hydrogens (primary N) is 1. The summed E-state index contributed by atoms with van der Waals surface area (Å²) >= 11 is 0. The lowest BCUT2D eigenvalue weighted by molar-refractivity contribution is -0.141. The van der Waals surface area contributed by atoms with Crippen LogP contribution in [0.5, 0.6) is 0 Å². The topological polar surface area (TPSA) is 46.3 Å². The van der Waals surface area contributed by atoms with Crippen LogP contribution in [0.25, 0.3) is 0 Å². The van der Waals surface area contributed by atoms with Crippen molar-refractivity contribution in [3.05, 3.63) is 35.9 Å². The number of piperidine rings is 1. The highest BCUT2D eigenvalue weighted by molar-refractivity contribution is 5.82. The summed E-state index contributed by atoms with van der Waals surface area (Å²) in [5.41, 5.74) is 6.85. The van der Waals surface area contributed by atoms with Crippen LogP contribution in [0.1, 0.15) is 39.2 Å². The predicted molar refractivity (Wildman–Crippen MR) is 86.9 cm³/mol. The third kappa shape index (κ3) is 4.07. The zero-order valence-corrected chi connectivity index (χ0v) is 13.5. The normalized spacial score (nSPS) is 18.6. The maximum absolute atomic E-state index is 12.8. The largest absolute Gasteiger partial charge is 0.342 e. The maximum atomic E-state index is 12.8. The second-order valence-corrected chi connectivity index (χ2v) is 7.04. The highest BCUT2D eigenvalue weighted by Gasteiger charge is 2.34. The lowest BCUT2D eigenvalue weighted by atomic mass is 9.83. The maximum Gasteiger partial charge on any atom is 0.228 e. The van der Waals surface area contributed by atoms with Crippen LogP contribution in [0.15, 0.2) is 30.3 Å². The molecule has 2 rings (SSSR count). The molecule has 3 nitrogen and oxygen atoms in total. The van der Waals surface area contributed by atoms with Crippen LogP contribution in [0.4, 0.5) is 0 Å². The van der Waals surface area contributed by atoms with Crippen molar-refractivity contribution in [2.24, 2.45) is 17.1 Å². The summed E-state index contributed by atoms with van der Waals surface area (Å²) in [6.07, 6.45) is 2.86. The highest BCUT2D eigenvalue weighted by Crippen LogP contribution is 2.28. The Balaban J connectivity index is 1.96. The summed E-state index contributed by atoms with van der Waals surface area (Å²) < 4.78 is 0. The highest BCUT2D eigenvalue weighted by atomic mass is 16.2. The minimum Gasteiger partial charge on any atom is -0.342 e. The van der Waals surface area contributed by atoms with Gasteiger partial charge in [0.05, 0.1) is 0 Å². The van der Waals surface area contributed by atoms with Gasteiger partial charge in [0.2, 0.25) is 5.91 Å². The molecule has 1 heterocycles. The van der Waals surface area contributed by atoms with Gasteiger partial charge in [-0.1, -0.05) is 44.2 Å². The zero-order chi connectivity index (χ0) is 15.5. The van der Waals surface area contributed by atoms with E-state index in [2.05, 4.69) is 32.9 Å². The van der Waals surface area contributed by atoms with Gasteiger partial charge in [-0.15, -0.1) is 0 Å². The van der Waals surface area contributed by atoms with Crippen molar-refractivity contribution in [2.45, 2.75) is 46.1 Å². The molecule has 0 radical (unpaired) electrons. The molecule has 1 aromatic carbocycles. The lowest BCUT2D eigenvalue weighted by Crippen LogP contribution is -2.47. The van der Waals surface area contributed by atoms with E-state index < -0.39 is 0 Å². The molecule has 3 heteroatoms. The number of nitrogens with zero attached hydrogens (tertiary/aromatic N) is 1. The third-order valence-corrected chi connectivity index (χ3v) is 4.64. The molecular formula is C18H28N2O. The Kier molecular flexibility index (Phi) is 5.04. The van der Waals surface area contributed by atoms with E-state index in [1.54, 1.807) is 0 Å². The van der Waals surface area contributed by atoms with E-state index in [0.29, 0.717) is 5.92 Å². The predicted octanol–water partition coefficient (Wildman–Crippen LogP) is 2.84. The Morgan fingerprint density at radius 1 is 1.29 bits per heavy atom. The Hall–Kier alpha value is -1.35. The molecule has 1 saturated heterocycles. The SMILES string of the molecule is CC(N)C1CCN(C(=O)C(C)(C)Cc2ccccc2)CC1. The number of rotatable bonds is 4. The second kappa shape index (κ2) is 6.61. The standard InChI is InChI=1S/C18H28N2O/c1-14(19)16-9-11-20(12-10-16)17(21)18(2,3)13-15-7-5-4-6-8-15/h4-8,14,16H,9-13,19H2,1-3H3. The molecule has 2 N–H and O–H groups in total. The molecular weight excluding hydrogens is 260 g/mol. The van der Waals surface area contributed by atoms with Crippen molar-refractivity contribution in [1.82, 2.24) is 4.90 Å². The lowest BCUT2D eigenvalue weighted by Gasteiger charge is -2.38. The molecule has 0 aromatic heterocycles. The summed E-state index contributed by atoms with van der Waals surface area (Å²) in [4.78, 5) is 14.8. The second-order valence-electron chi connectivity index (χ2n) is 7.04. The van der Waals surface area contributed by atoms with Crippen LogP contribution in [0.2, 0.25) is 0 Å². The average molecular weight is 288 g/mol. The van der Waals surface area contributed by atoms with E-state index >= 15 is 0 Å². The number of carbonyl (C=O) groups excluding carboxylic acids is 1. The van der Waals surface area contributed by atoms with Crippen LogP contribution >= 0.6 is 0 Å². The van der Waals surface area contributed by atoms with Gasteiger partial charge in [-0.2, -0.15) is 0 Å². The summed E-state index contributed by atoms with van der Waals surface area (Å²) in [6.45, 7) is 7.88. The number of hydrogen-bond donors (Lipinski definition) is 1. The van der Waals surface area contributed by atoms with E-state index in [1.165, 1.54) is 5.56 Å². The van der Waals surface area contributed by atoms with Gasteiger partial charge < -0.3 is 10.6 Å². The average Bonchev–Trinajstić information content (AvgIpc) is 2.47. The van der Waals surface area contributed by atoms with E-state index in [9.17, 15) is 4.79 Å². The van der Waals surface area contributed by atoms with Crippen molar-refractivity contribution in [3.8, 4) is 0 Å². The van der Waals surface area contributed by atoms with Crippen molar-refractivity contribution < 1.29 is 4.79 Å². The number of carbonyl (C=O) groups is 1. The van der Waals surface area contributed by atoms with Gasteiger partial charge >= 0.3 is 0 Å². The van der Waals surface area contributed by atoms with Gasteiger partial charge in [-0.05, 0) is 37.7 Å². The van der Waals surface area contributed by atoms with Crippen molar-refractivity contribution in [3.63, 3.8) is 0 Å². The van der Waals surface area contributed by atoms with E-state index in [0.717, 1.165) is 32.4 Å². The Bertz CT molecular complexity index is 459. The van der Waals surface area contributed by atoms with Crippen LogP contribution in [0.3, 0.4) is 0 Å². The third-order valence-electron chi connectivity index (χ3n) is 4.64. The zero-order valence-electron chi connectivity index (χ0n) is 13.5. The first kappa shape index (κ1) is 16.0. The first-order chi connectivity index (χ1) is 9.90. The molecule has 21 heavy (non-hydrogen) atoms. The van der Waals surface area contributed by atoms with Crippen LogP contribution in [-0.4, -0.2) is 29.9 Å². The summed E-state index contributed by atoms with van der Waals surface area (Å²) in [5.74, 6) is 0.834. The molecule has 0 spiro atoms. The minimum atomic E-state index is -0.345. The van der Waals surface area contributed by atoms with Crippen LogP contribution < -0.4 is 5.73 Å². The summed E-state index contributed by atoms with van der Waals surface area (Å²) in [6, 6.07) is 10.5. The number of benzene rings is 1. The molecule has 1 unspecified atom stereocenters. The van der Waals surface area contributed by atoms with Crippen LogP contribution in [0, 0.1) is 11.3 Å². The molecule has 1 aromatic rings. The van der Waals surface area contributed by atoms with Gasteiger partial charge in [0.25, 0.3) is 0 Å². The monoisotopic (exact) mass is 288 g/mol. The fourth-order valence-electron chi connectivity index (χ4n) is 3.24. The van der Waals surface area contributed by atoms with Gasteiger partial charge in [-0.3, -0.25) is 4.79 Å². The summed E-state index contributed by atoms with van der Waals surface area (Å²) in [7, 11) is 0. The first-order valence-electron chi connectivity index (χ1n) is 7.99. The number of hydrogen-bond acceptors (Lipinski definition) is 2. The van der Waals surface area contributed by atoms with E-state index in [1.807, 2.05) is 23.1 Å². The molecule has 1 aliphatic heterocycles. The quantitative estimate of drug-likeness (QED) is 0.926.